The summed E-state index contributed by atoms with van der Waals surface area (Å²) in [6.07, 6.45) is 2.01. The number of fused-ring (bicyclic) bond motifs is 1. The molecule has 0 saturated heterocycles. The third-order valence-electron chi connectivity index (χ3n) is 2.60. The third kappa shape index (κ3) is 1.49. The van der Waals surface area contributed by atoms with Crippen molar-refractivity contribution in [2.45, 2.75) is 19.9 Å². The van der Waals surface area contributed by atoms with Crippen molar-refractivity contribution >= 4 is 6.29 Å². The lowest BCUT2D eigenvalue weighted by Gasteiger charge is -2.18. The summed E-state index contributed by atoms with van der Waals surface area (Å²) < 4.78 is 0. The number of carbonyl (C=O) groups is 1. The van der Waals surface area contributed by atoms with Crippen LogP contribution in [0, 0.1) is 6.92 Å². The van der Waals surface area contributed by atoms with E-state index in [1.165, 1.54) is 11.1 Å². The van der Waals surface area contributed by atoms with Gasteiger partial charge < -0.3 is 5.32 Å². The van der Waals surface area contributed by atoms with E-state index in [1.807, 2.05) is 13.0 Å². The van der Waals surface area contributed by atoms with Crippen molar-refractivity contribution in [3.8, 4) is 0 Å². The minimum Gasteiger partial charge on any atom is -0.312 e. The fraction of sp³-hybridized carbons (Fsp3) is 0.364. The third-order valence-corrected chi connectivity index (χ3v) is 2.60. The molecule has 1 aliphatic heterocycles. The Morgan fingerprint density at radius 2 is 2.23 bits per heavy atom. The van der Waals surface area contributed by atoms with Gasteiger partial charge in [0.2, 0.25) is 0 Å². The average Bonchev–Trinajstić information content (AvgIpc) is 2.17. The Bertz CT molecular complexity index is 344. The maximum Gasteiger partial charge on any atom is 0.150 e. The summed E-state index contributed by atoms with van der Waals surface area (Å²) in [7, 11) is 0. The van der Waals surface area contributed by atoms with Crippen LogP contribution in [0.15, 0.2) is 12.1 Å². The van der Waals surface area contributed by atoms with Crippen LogP contribution in [0.3, 0.4) is 0 Å². The maximum absolute atomic E-state index is 10.7. The summed E-state index contributed by atoms with van der Waals surface area (Å²) in [6, 6.07) is 4.14. The number of nitrogens with one attached hydrogen (secondary N) is 1. The Morgan fingerprint density at radius 3 is 3.00 bits per heavy atom. The van der Waals surface area contributed by atoms with Crippen LogP contribution in [-0.2, 0) is 13.0 Å². The smallest absolute Gasteiger partial charge is 0.150 e. The molecule has 0 amide bonds. The maximum atomic E-state index is 10.7. The first-order chi connectivity index (χ1) is 6.31. The van der Waals surface area contributed by atoms with Gasteiger partial charge in [-0.2, -0.15) is 0 Å². The SMILES string of the molecule is Cc1cc2c(cc1C=O)CNCC2. The van der Waals surface area contributed by atoms with Crippen LogP contribution in [0.25, 0.3) is 0 Å². The molecule has 0 atom stereocenters. The van der Waals surface area contributed by atoms with Gasteiger partial charge in [0, 0.05) is 12.1 Å². The standard InChI is InChI=1S/C11H13NO/c1-8-4-9-2-3-12-6-10(9)5-11(8)7-13/h4-5,7,12H,2-3,6H2,1H3. The Balaban J connectivity index is 2.50. The van der Waals surface area contributed by atoms with Crippen LogP contribution in [0.4, 0.5) is 0 Å². The van der Waals surface area contributed by atoms with Crippen molar-refractivity contribution < 1.29 is 4.79 Å². The molecule has 1 heterocycles. The van der Waals surface area contributed by atoms with Gasteiger partial charge in [0.05, 0.1) is 0 Å². The zero-order valence-corrected chi connectivity index (χ0v) is 7.76. The molecule has 0 fully saturated rings. The second kappa shape index (κ2) is 3.30. The second-order valence-electron chi connectivity index (χ2n) is 3.52. The Hall–Kier alpha value is -1.15. The number of aryl methyl sites for hydroxylation is 1. The van der Waals surface area contributed by atoms with Gasteiger partial charge in [0.25, 0.3) is 0 Å². The fourth-order valence-corrected chi connectivity index (χ4v) is 1.80. The van der Waals surface area contributed by atoms with E-state index in [1.54, 1.807) is 0 Å². The molecule has 1 aliphatic rings. The molecule has 0 radical (unpaired) electrons. The van der Waals surface area contributed by atoms with Crippen LogP contribution in [0.2, 0.25) is 0 Å². The Labute approximate surface area is 78.0 Å². The molecule has 2 heteroatoms. The summed E-state index contributed by atoms with van der Waals surface area (Å²) in [5.74, 6) is 0. The van der Waals surface area contributed by atoms with E-state index in [0.717, 1.165) is 36.9 Å². The Morgan fingerprint density at radius 1 is 1.38 bits per heavy atom. The van der Waals surface area contributed by atoms with Crippen LogP contribution in [0.5, 0.6) is 0 Å². The molecule has 1 aromatic rings. The van der Waals surface area contributed by atoms with Crippen molar-refractivity contribution in [3.63, 3.8) is 0 Å². The molecule has 0 unspecified atom stereocenters. The van der Waals surface area contributed by atoms with E-state index in [4.69, 9.17) is 0 Å². The molecule has 0 saturated carbocycles. The van der Waals surface area contributed by atoms with E-state index >= 15 is 0 Å². The highest BCUT2D eigenvalue weighted by Crippen LogP contribution is 2.18. The molecule has 0 aromatic heterocycles. The van der Waals surface area contributed by atoms with Crippen LogP contribution in [-0.4, -0.2) is 12.8 Å². The summed E-state index contributed by atoms with van der Waals surface area (Å²) >= 11 is 0. The molecule has 1 aromatic carbocycles. The molecule has 2 rings (SSSR count). The van der Waals surface area contributed by atoms with E-state index < -0.39 is 0 Å². The van der Waals surface area contributed by atoms with E-state index in [0.29, 0.717) is 0 Å². The first-order valence-corrected chi connectivity index (χ1v) is 4.59. The van der Waals surface area contributed by atoms with Gasteiger partial charge in [0.1, 0.15) is 6.29 Å². The van der Waals surface area contributed by atoms with Gasteiger partial charge >= 0.3 is 0 Å². The zero-order valence-electron chi connectivity index (χ0n) is 7.76. The van der Waals surface area contributed by atoms with Crippen molar-refractivity contribution in [1.29, 1.82) is 0 Å². The number of carbonyl (C=O) groups excluding carboxylic acids is 1. The molecule has 1 N–H and O–H groups in total. The van der Waals surface area contributed by atoms with Crippen molar-refractivity contribution in [2.75, 3.05) is 6.54 Å². The molecule has 0 spiro atoms. The van der Waals surface area contributed by atoms with Crippen molar-refractivity contribution in [1.82, 2.24) is 5.32 Å². The molecular formula is C11H13NO. The van der Waals surface area contributed by atoms with Crippen LogP contribution in [0.1, 0.15) is 27.0 Å². The predicted octanol–water partition coefficient (Wildman–Crippen LogP) is 1.45. The molecule has 0 bridgehead atoms. The lowest BCUT2D eigenvalue weighted by atomic mass is 9.95. The predicted molar refractivity (Wildman–Crippen MR) is 52.0 cm³/mol. The Kier molecular flexibility index (Phi) is 2.15. The molecule has 0 aliphatic carbocycles. The van der Waals surface area contributed by atoms with Gasteiger partial charge in [0.15, 0.2) is 0 Å². The quantitative estimate of drug-likeness (QED) is 0.654. The largest absolute Gasteiger partial charge is 0.312 e. The normalized spacial score (nSPS) is 15.2. The molecular weight excluding hydrogens is 162 g/mol. The average molecular weight is 175 g/mol. The number of hydrogen-bond donors (Lipinski definition) is 1. The highest BCUT2D eigenvalue weighted by atomic mass is 16.1. The summed E-state index contributed by atoms with van der Waals surface area (Å²) in [5.41, 5.74) is 4.58. The van der Waals surface area contributed by atoms with E-state index in [9.17, 15) is 4.79 Å². The van der Waals surface area contributed by atoms with Crippen LogP contribution < -0.4 is 5.32 Å². The van der Waals surface area contributed by atoms with Gasteiger partial charge in [-0.3, -0.25) is 4.79 Å². The first-order valence-electron chi connectivity index (χ1n) is 4.59. The molecule has 68 valence electrons. The van der Waals surface area contributed by atoms with Crippen molar-refractivity contribution in [3.05, 3.63) is 34.4 Å². The number of rotatable bonds is 1. The highest BCUT2D eigenvalue weighted by molar-refractivity contribution is 5.77. The summed E-state index contributed by atoms with van der Waals surface area (Å²) in [5, 5.41) is 3.30. The lowest BCUT2D eigenvalue weighted by molar-refractivity contribution is 0.112. The number of aldehydes is 1. The lowest BCUT2D eigenvalue weighted by Crippen LogP contribution is -2.23. The highest BCUT2D eigenvalue weighted by Gasteiger charge is 2.10. The van der Waals surface area contributed by atoms with Crippen molar-refractivity contribution in [2.24, 2.45) is 0 Å². The second-order valence-corrected chi connectivity index (χ2v) is 3.52. The summed E-state index contributed by atoms with van der Waals surface area (Å²) in [4.78, 5) is 10.7. The van der Waals surface area contributed by atoms with Crippen LogP contribution >= 0.6 is 0 Å². The van der Waals surface area contributed by atoms with Gasteiger partial charge in [-0.05, 0) is 42.6 Å². The minimum atomic E-state index is 0.822. The number of hydrogen-bond acceptors (Lipinski definition) is 2. The van der Waals surface area contributed by atoms with Gasteiger partial charge in [-0.15, -0.1) is 0 Å². The molecule has 2 nitrogen and oxygen atoms in total. The summed E-state index contributed by atoms with van der Waals surface area (Å²) in [6.45, 7) is 3.94. The monoisotopic (exact) mass is 175 g/mol. The molecule has 13 heavy (non-hydrogen) atoms. The van der Waals surface area contributed by atoms with Gasteiger partial charge in [-0.1, -0.05) is 6.07 Å². The zero-order chi connectivity index (χ0) is 9.26. The fourth-order valence-electron chi connectivity index (χ4n) is 1.80. The topological polar surface area (TPSA) is 29.1 Å². The van der Waals surface area contributed by atoms with E-state index in [-0.39, 0.29) is 0 Å². The van der Waals surface area contributed by atoms with E-state index in [2.05, 4.69) is 11.4 Å². The first kappa shape index (κ1) is 8.45. The van der Waals surface area contributed by atoms with Gasteiger partial charge in [-0.25, -0.2) is 0 Å². The minimum absolute atomic E-state index is 0.822. The number of benzene rings is 1.